The lowest BCUT2D eigenvalue weighted by Gasteiger charge is -2.20. The molecule has 2 aromatic heterocycles. The van der Waals surface area contributed by atoms with Crippen LogP contribution in [0.5, 0.6) is 5.75 Å². The molecule has 3 aromatic rings. The zero-order valence-corrected chi connectivity index (χ0v) is 27.6. The summed E-state index contributed by atoms with van der Waals surface area (Å²) in [4.78, 5) is 77.8. The smallest absolute Gasteiger partial charge is 0.453 e. The Kier molecular flexibility index (Phi) is 9.27. The minimum Gasteiger partial charge on any atom is -0.453 e. The lowest BCUT2D eigenvalue weighted by atomic mass is 10.2. The van der Waals surface area contributed by atoms with Gasteiger partial charge < -0.3 is 34.1 Å². The van der Waals surface area contributed by atoms with Gasteiger partial charge in [0, 0.05) is 12.1 Å². The number of phosphoric ester groups is 2. The van der Waals surface area contributed by atoms with Crippen molar-refractivity contribution in [1.82, 2.24) is 24.5 Å². The van der Waals surface area contributed by atoms with Crippen molar-refractivity contribution in [1.29, 1.82) is 0 Å². The van der Waals surface area contributed by atoms with Gasteiger partial charge in [-0.05, 0) is 37.1 Å². The average molecular weight is 766 g/mol. The third kappa shape index (κ3) is 8.39. The summed E-state index contributed by atoms with van der Waals surface area (Å²) in [5.41, 5.74) is 5.20. The van der Waals surface area contributed by atoms with E-state index in [9.17, 15) is 47.4 Å². The van der Waals surface area contributed by atoms with Crippen LogP contribution in [0.25, 0.3) is 33.7 Å². The molecule has 0 saturated carbocycles. The van der Waals surface area contributed by atoms with Crippen molar-refractivity contribution in [2.24, 2.45) is 0 Å². The Morgan fingerprint density at radius 2 is 1.63 bits per heavy atom. The first-order valence-electron chi connectivity index (χ1n) is 13.4. The zero-order chi connectivity index (χ0) is 35.4. The van der Waals surface area contributed by atoms with E-state index in [1.165, 1.54) is 29.1 Å². The third-order valence-corrected chi connectivity index (χ3v) is 12.3. The minimum absolute atomic E-state index is 0.0181. The number of H-pyrrole nitrogens is 1. The lowest BCUT2D eigenvalue weighted by molar-refractivity contribution is -0.0205. The van der Waals surface area contributed by atoms with Crippen LogP contribution in [0, 0.1) is 0 Å². The molecule has 4 heterocycles. The molecule has 7 N–H and O–H groups in total. The van der Waals surface area contributed by atoms with Gasteiger partial charge in [0.2, 0.25) is 5.95 Å². The van der Waals surface area contributed by atoms with Gasteiger partial charge in [-0.1, -0.05) is 0 Å². The molecule has 0 radical (unpaired) electrons. The maximum Gasteiger partial charge on any atom is 0.536 e. The number of nitrogens with one attached hydrogen (secondary N) is 1. The fourth-order valence-electron chi connectivity index (χ4n) is 4.58. The Morgan fingerprint density at radius 3 is 2.39 bits per heavy atom. The molecule has 6 atom stereocenters. The van der Waals surface area contributed by atoms with Crippen molar-refractivity contribution in [2.75, 3.05) is 12.3 Å². The first-order chi connectivity index (χ1) is 22.9. The quantitative estimate of drug-likeness (QED) is 0.0784. The molecule has 1 aromatic carbocycles. The predicted molar refractivity (Wildman–Crippen MR) is 162 cm³/mol. The number of hydrogen-bond acceptors (Lipinski definition) is 17. The molecule has 23 nitrogen and oxygen atoms in total. The van der Waals surface area contributed by atoms with Gasteiger partial charge in [-0.25, -0.2) is 28.2 Å². The number of nitrogens with two attached hydrogens (primary N) is 1. The summed E-state index contributed by atoms with van der Waals surface area (Å²) in [7, 11) is -23.3. The number of aromatic nitrogens is 5. The summed E-state index contributed by atoms with van der Waals surface area (Å²) >= 11 is 0. The van der Waals surface area contributed by atoms with E-state index in [0.29, 0.717) is 5.69 Å². The number of aromatic amines is 1. The summed E-state index contributed by atoms with van der Waals surface area (Å²) in [6.45, 7) is -0.707. The van der Waals surface area contributed by atoms with Crippen LogP contribution in [0.1, 0.15) is 19.1 Å². The van der Waals surface area contributed by atoms with Crippen LogP contribution in [0.3, 0.4) is 0 Å². The summed E-state index contributed by atoms with van der Waals surface area (Å²) in [6.07, 6.45) is 0.0924. The molecule has 0 amide bonds. The molecule has 1 aliphatic carbocycles. The topological polar surface area (TPSA) is 337 Å². The number of anilines is 1. The monoisotopic (exact) mass is 766 g/mol. The van der Waals surface area contributed by atoms with Gasteiger partial charge in [0.15, 0.2) is 27.9 Å². The highest BCUT2D eigenvalue weighted by molar-refractivity contribution is 7.69. The molecule has 4 unspecified atom stereocenters. The van der Waals surface area contributed by atoms with E-state index in [1.807, 2.05) is 0 Å². The molecule has 3 aliphatic rings. The number of nitrogen functional groups attached to an aromatic ring is 1. The highest BCUT2D eigenvalue weighted by atomic mass is 31.3. The van der Waals surface area contributed by atoms with Gasteiger partial charge in [-0.3, -0.25) is 28.6 Å². The molecule has 0 bridgehead atoms. The Bertz CT molecular complexity index is 2360. The van der Waals surface area contributed by atoms with Crippen LogP contribution >= 0.6 is 31.3 Å². The minimum atomic E-state index is -6.06. The first-order valence-corrected chi connectivity index (χ1v) is 19.4. The number of nitrogens with zero attached hydrogens (tertiary/aromatic N) is 4. The standard InChI is InChI=1S/C22H22N6O17P4/c23-22-26-20-19(21(30)27-22)24-10-28(20)18-6-3-13(40-18)9-39-46(31,32)43-48(35,36)45-49(37,38)44-47(33,34)42-12-2-5-15-17(8-12)41-16-7-11(29)1-4-14(16)25-15/h1-2,4-5,7-8,10,13,18H,3,6,9H2,(H,31,32)(H,33,34)(H,35,36)(H,37,38)(H3,23,26,27,30)/t13-,18+/m0/s1. The highest BCUT2D eigenvalue weighted by Crippen LogP contribution is 2.71. The molecule has 49 heavy (non-hydrogen) atoms. The van der Waals surface area contributed by atoms with E-state index in [-0.39, 0.29) is 52.2 Å². The van der Waals surface area contributed by atoms with Crippen LogP contribution in [0.15, 0.2) is 56.7 Å². The van der Waals surface area contributed by atoms with Gasteiger partial charge in [-0.15, -0.1) is 0 Å². The molecule has 0 spiro atoms. The van der Waals surface area contributed by atoms with Crippen molar-refractivity contribution < 1.29 is 69.0 Å². The van der Waals surface area contributed by atoms with E-state index in [0.717, 1.165) is 18.2 Å². The van der Waals surface area contributed by atoms with Crippen LogP contribution < -0.4 is 21.2 Å². The molecule has 2 aliphatic heterocycles. The maximum atomic E-state index is 12.5. The first kappa shape index (κ1) is 35.2. The van der Waals surface area contributed by atoms with Crippen LogP contribution in [0.2, 0.25) is 0 Å². The van der Waals surface area contributed by atoms with E-state index in [2.05, 4.69) is 37.4 Å². The molecule has 1 saturated heterocycles. The predicted octanol–water partition coefficient (Wildman–Crippen LogP) is 2.53. The highest BCUT2D eigenvalue weighted by Gasteiger charge is 2.46. The summed E-state index contributed by atoms with van der Waals surface area (Å²) in [5, 5.41) is 0. The van der Waals surface area contributed by atoms with E-state index >= 15 is 0 Å². The van der Waals surface area contributed by atoms with E-state index < -0.39 is 61.5 Å². The van der Waals surface area contributed by atoms with Crippen molar-refractivity contribution in [3.05, 3.63) is 63.3 Å². The van der Waals surface area contributed by atoms with Crippen LogP contribution in [-0.2, 0) is 40.5 Å². The third-order valence-electron chi connectivity index (χ3n) is 6.43. The van der Waals surface area contributed by atoms with Crippen molar-refractivity contribution in [2.45, 2.75) is 25.2 Å². The number of phosphoric acid groups is 4. The summed E-state index contributed by atoms with van der Waals surface area (Å²) in [5.74, 6) is -0.583. The SMILES string of the molecule is Nc1nc2c(ncn2[C@H]2CC[C@@H](COP(=O)(O)OP(=O)(O)OP(=O)(O)OP(=O)(O)Oc3ccc4nc5ccc(=O)cc-5oc4c3)O2)c(=O)[nH]1. The molecule has 6 rings (SSSR count). The van der Waals surface area contributed by atoms with Crippen LogP contribution in [-0.4, -0.2) is 56.8 Å². The molecular weight excluding hydrogens is 744 g/mol. The van der Waals surface area contributed by atoms with E-state index in [4.69, 9.17) is 19.4 Å². The Balaban J connectivity index is 1.04. The second-order valence-electron chi connectivity index (χ2n) is 10.0. The lowest BCUT2D eigenvalue weighted by Crippen LogP contribution is -2.17. The number of imidazole rings is 1. The number of hydrogen-bond donors (Lipinski definition) is 6. The Labute approximate surface area is 271 Å². The second-order valence-corrected chi connectivity index (χ2v) is 16.2. The van der Waals surface area contributed by atoms with Gasteiger partial charge in [0.25, 0.3) is 5.56 Å². The summed E-state index contributed by atoms with van der Waals surface area (Å²) in [6, 6.07) is 7.21. The molecule has 262 valence electrons. The fraction of sp³-hybridized carbons (Fsp3) is 0.227. The van der Waals surface area contributed by atoms with E-state index in [1.54, 1.807) is 0 Å². The molecular formula is C22H22N6O17P4. The van der Waals surface area contributed by atoms with Gasteiger partial charge in [0.1, 0.15) is 23.2 Å². The second kappa shape index (κ2) is 12.9. The fourth-order valence-corrected chi connectivity index (χ4v) is 9.54. The molecule has 1 fully saturated rings. The Hall–Kier alpha value is -3.65. The average Bonchev–Trinajstić information content (AvgIpc) is 3.60. The number of benzene rings is 2. The number of fused-ring (bicyclic) bond motifs is 3. The van der Waals surface area contributed by atoms with Gasteiger partial charge in [-0.2, -0.15) is 17.9 Å². The van der Waals surface area contributed by atoms with Gasteiger partial charge in [0.05, 0.1) is 19.0 Å². The number of ether oxygens (including phenoxy) is 1. The van der Waals surface area contributed by atoms with Crippen molar-refractivity contribution in [3.8, 4) is 17.2 Å². The largest absolute Gasteiger partial charge is 0.536 e. The zero-order valence-electron chi connectivity index (χ0n) is 24.1. The van der Waals surface area contributed by atoms with Crippen LogP contribution in [0.4, 0.5) is 5.95 Å². The Morgan fingerprint density at radius 1 is 0.918 bits per heavy atom. The van der Waals surface area contributed by atoms with Crippen molar-refractivity contribution >= 4 is 59.5 Å². The van der Waals surface area contributed by atoms with Crippen molar-refractivity contribution in [3.63, 3.8) is 0 Å². The maximum absolute atomic E-state index is 12.5. The van der Waals surface area contributed by atoms with Gasteiger partial charge >= 0.3 is 31.3 Å². The molecule has 27 heteroatoms. The number of rotatable bonds is 12. The summed E-state index contributed by atoms with van der Waals surface area (Å²) < 4.78 is 83.3. The normalized spacial score (nSPS) is 21.6.